The van der Waals surface area contributed by atoms with E-state index in [1.165, 1.54) is 0 Å². The van der Waals surface area contributed by atoms with Crippen molar-refractivity contribution in [1.29, 1.82) is 0 Å². The largest absolute Gasteiger partial charge is 0.348 e. The first kappa shape index (κ1) is 17.3. The lowest BCUT2D eigenvalue weighted by Gasteiger charge is -2.31. The van der Waals surface area contributed by atoms with E-state index in [2.05, 4.69) is 15.6 Å². The van der Waals surface area contributed by atoms with Gasteiger partial charge in [0.25, 0.3) is 0 Å². The third kappa shape index (κ3) is 4.46. The summed E-state index contributed by atoms with van der Waals surface area (Å²) in [7, 11) is 3.55. The zero-order valence-electron chi connectivity index (χ0n) is 14.2. The molecule has 1 unspecified atom stereocenters. The van der Waals surface area contributed by atoms with Gasteiger partial charge in [-0.2, -0.15) is 0 Å². The van der Waals surface area contributed by atoms with E-state index in [4.69, 9.17) is 0 Å². The van der Waals surface area contributed by atoms with Crippen LogP contribution in [-0.2, 0) is 11.3 Å². The highest BCUT2D eigenvalue weighted by Gasteiger charge is 2.42. The van der Waals surface area contributed by atoms with E-state index in [-0.39, 0.29) is 18.0 Å². The quantitative estimate of drug-likeness (QED) is 0.827. The standard InChI is InChI=1S/C16H27N5O2/c1-13(10-21-9-8-17-12-21)19-15(23)18-11-16(6-4-5-7-16)14(22)20(2)3/h8-9,12-13H,4-7,10-11H2,1-3H3,(H2,18,19,23). The summed E-state index contributed by atoms with van der Waals surface area (Å²) in [4.78, 5) is 30.2. The van der Waals surface area contributed by atoms with Gasteiger partial charge in [0.1, 0.15) is 0 Å². The van der Waals surface area contributed by atoms with Gasteiger partial charge in [0.05, 0.1) is 11.7 Å². The van der Waals surface area contributed by atoms with E-state index in [9.17, 15) is 9.59 Å². The number of amides is 3. The molecule has 7 nitrogen and oxygen atoms in total. The molecule has 1 fully saturated rings. The van der Waals surface area contributed by atoms with Gasteiger partial charge >= 0.3 is 6.03 Å². The molecule has 23 heavy (non-hydrogen) atoms. The first-order chi connectivity index (χ1) is 10.9. The number of rotatable bonds is 6. The van der Waals surface area contributed by atoms with Crippen molar-refractivity contribution in [3.8, 4) is 0 Å². The molecule has 1 aromatic heterocycles. The van der Waals surface area contributed by atoms with Gasteiger partial charge in [0.2, 0.25) is 5.91 Å². The minimum Gasteiger partial charge on any atom is -0.348 e. The molecule has 1 atom stereocenters. The first-order valence-corrected chi connectivity index (χ1v) is 8.15. The van der Waals surface area contributed by atoms with Crippen molar-refractivity contribution < 1.29 is 9.59 Å². The molecule has 0 bridgehead atoms. The number of nitrogens with zero attached hydrogens (tertiary/aromatic N) is 3. The molecule has 3 amide bonds. The third-order valence-corrected chi connectivity index (χ3v) is 4.43. The fraction of sp³-hybridized carbons (Fsp3) is 0.688. The van der Waals surface area contributed by atoms with Crippen LogP contribution in [0.25, 0.3) is 0 Å². The lowest BCUT2D eigenvalue weighted by molar-refractivity contribution is -0.138. The van der Waals surface area contributed by atoms with Gasteiger partial charge in [0, 0.05) is 45.6 Å². The summed E-state index contributed by atoms with van der Waals surface area (Å²) in [6.07, 6.45) is 9.06. The monoisotopic (exact) mass is 321 g/mol. The molecule has 0 aliphatic heterocycles. The van der Waals surface area contributed by atoms with Crippen LogP contribution in [-0.4, -0.2) is 53.1 Å². The maximum atomic E-state index is 12.5. The van der Waals surface area contributed by atoms with Crippen LogP contribution < -0.4 is 10.6 Å². The van der Waals surface area contributed by atoms with Crippen LogP contribution in [0.15, 0.2) is 18.7 Å². The average molecular weight is 321 g/mol. The second-order valence-electron chi connectivity index (χ2n) is 6.67. The minimum absolute atomic E-state index is 0.0201. The van der Waals surface area contributed by atoms with Crippen molar-refractivity contribution in [2.24, 2.45) is 5.41 Å². The Hall–Kier alpha value is -2.05. The van der Waals surface area contributed by atoms with Crippen LogP contribution in [0.1, 0.15) is 32.6 Å². The van der Waals surface area contributed by atoms with Crippen LogP contribution in [0.2, 0.25) is 0 Å². The van der Waals surface area contributed by atoms with Crippen molar-refractivity contribution >= 4 is 11.9 Å². The fourth-order valence-electron chi connectivity index (χ4n) is 3.27. The van der Waals surface area contributed by atoms with Crippen LogP contribution in [0.5, 0.6) is 0 Å². The third-order valence-electron chi connectivity index (χ3n) is 4.43. The number of carbonyl (C=O) groups excluding carboxylic acids is 2. The summed E-state index contributed by atoms with van der Waals surface area (Å²) in [5.74, 6) is 0.113. The van der Waals surface area contributed by atoms with E-state index in [1.807, 2.05) is 17.7 Å². The number of carbonyl (C=O) groups is 2. The predicted molar refractivity (Wildman–Crippen MR) is 87.8 cm³/mol. The predicted octanol–water partition coefficient (Wildman–Crippen LogP) is 1.22. The van der Waals surface area contributed by atoms with Crippen molar-refractivity contribution in [1.82, 2.24) is 25.1 Å². The van der Waals surface area contributed by atoms with Gasteiger partial charge in [-0.15, -0.1) is 0 Å². The summed E-state index contributed by atoms with van der Waals surface area (Å²) in [5, 5.41) is 5.79. The normalized spacial score (nSPS) is 17.5. The number of aromatic nitrogens is 2. The summed E-state index contributed by atoms with van der Waals surface area (Å²) >= 11 is 0. The number of hydrogen-bond donors (Lipinski definition) is 2. The van der Waals surface area contributed by atoms with Crippen LogP contribution >= 0.6 is 0 Å². The first-order valence-electron chi connectivity index (χ1n) is 8.15. The topological polar surface area (TPSA) is 79.3 Å². The van der Waals surface area contributed by atoms with Gasteiger partial charge in [-0.3, -0.25) is 4.79 Å². The number of hydrogen-bond acceptors (Lipinski definition) is 3. The molecule has 0 radical (unpaired) electrons. The molecule has 0 spiro atoms. The molecule has 7 heteroatoms. The van der Waals surface area contributed by atoms with Crippen molar-refractivity contribution in [3.63, 3.8) is 0 Å². The van der Waals surface area contributed by atoms with Crippen LogP contribution in [0.3, 0.4) is 0 Å². The SMILES string of the molecule is CC(Cn1ccnc1)NC(=O)NCC1(C(=O)N(C)C)CCCC1. The van der Waals surface area contributed by atoms with E-state index in [0.29, 0.717) is 13.1 Å². The molecule has 1 aromatic rings. The second kappa shape index (κ2) is 7.48. The smallest absolute Gasteiger partial charge is 0.315 e. The van der Waals surface area contributed by atoms with E-state index < -0.39 is 5.41 Å². The molecule has 1 aliphatic carbocycles. The highest BCUT2D eigenvalue weighted by molar-refractivity contribution is 5.84. The maximum absolute atomic E-state index is 12.5. The van der Waals surface area contributed by atoms with E-state index in [1.54, 1.807) is 31.5 Å². The Bertz CT molecular complexity index is 521. The Morgan fingerprint density at radius 1 is 1.35 bits per heavy atom. The minimum atomic E-state index is -0.436. The number of imidazole rings is 1. The van der Waals surface area contributed by atoms with Gasteiger partial charge in [-0.25, -0.2) is 9.78 Å². The molecule has 2 rings (SSSR count). The molecular formula is C16H27N5O2. The Morgan fingerprint density at radius 3 is 2.61 bits per heavy atom. The Kier molecular flexibility index (Phi) is 5.63. The van der Waals surface area contributed by atoms with E-state index in [0.717, 1.165) is 25.7 Å². The second-order valence-corrected chi connectivity index (χ2v) is 6.67. The molecule has 2 N–H and O–H groups in total. The molecule has 1 aliphatic rings. The molecule has 0 aromatic carbocycles. The molecule has 1 heterocycles. The Labute approximate surface area is 137 Å². The molecule has 1 saturated carbocycles. The van der Waals surface area contributed by atoms with Crippen LogP contribution in [0, 0.1) is 5.41 Å². The van der Waals surface area contributed by atoms with Crippen LogP contribution in [0.4, 0.5) is 4.79 Å². The van der Waals surface area contributed by atoms with E-state index >= 15 is 0 Å². The molecule has 128 valence electrons. The molecule has 0 saturated heterocycles. The zero-order chi connectivity index (χ0) is 16.9. The van der Waals surface area contributed by atoms with Gasteiger partial charge in [0.15, 0.2) is 0 Å². The summed E-state index contributed by atoms with van der Waals surface area (Å²) in [6, 6.07) is -0.247. The summed E-state index contributed by atoms with van der Waals surface area (Å²) in [6.45, 7) is 3.00. The summed E-state index contributed by atoms with van der Waals surface area (Å²) in [5.41, 5.74) is -0.436. The number of nitrogens with one attached hydrogen (secondary N) is 2. The maximum Gasteiger partial charge on any atom is 0.315 e. The van der Waals surface area contributed by atoms with Gasteiger partial charge in [-0.05, 0) is 19.8 Å². The Balaban J connectivity index is 1.83. The summed E-state index contributed by atoms with van der Waals surface area (Å²) < 4.78 is 1.92. The lowest BCUT2D eigenvalue weighted by Crippen LogP contribution is -2.50. The lowest BCUT2D eigenvalue weighted by atomic mass is 9.84. The fourth-order valence-corrected chi connectivity index (χ4v) is 3.27. The van der Waals surface area contributed by atoms with Gasteiger partial charge < -0.3 is 20.1 Å². The highest BCUT2D eigenvalue weighted by Crippen LogP contribution is 2.38. The number of urea groups is 1. The Morgan fingerprint density at radius 2 is 2.04 bits per heavy atom. The van der Waals surface area contributed by atoms with Crippen molar-refractivity contribution in [3.05, 3.63) is 18.7 Å². The van der Waals surface area contributed by atoms with Crippen molar-refractivity contribution in [2.75, 3.05) is 20.6 Å². The van der Waals surface area contributed by atoms with Crippen molar-refractivity contribution in [2.45, 2.75) is 45.2 Å². The zero-order valence-corrected chi connectivity index (χ0v) is 14.2. The molecular weight excluding hydrogens is 294 g/mol. The highest BCUT2D eigenvalue weighted by atomic mass is 16.2. The average Bonchev–Trinajstić information content (AvgIpc) is 3.16. The van der Waals surface area contributed by atoms with Gasteiger partial charge in [-0.1, -0.05) is 12.8 Å².